The van der Waals surface area contributed by atoms with Crippen LogP contribution in [0.5, 0.6) is 23.0 Å². The number of methoxy groups -OCH3 is 2. The Morgan fingerprint density at radius 1 is 0.750 bits per heavy atom. The molecule has 3 aromatic rings. The molecule has 0 unspecified atom stereocenters. The number of amides is 1. The van der Waals surface area contributed by atoms with Crippen molar-refractivity contribution in [3.05, 3.63) is 71.7 Å². The summed E-state index contributed by atoms with van der Waals surface area (Å²) in [6.45, 7) is 2.09. The van der Waals surface area contributed by atoms with E-state index in [2.05, 4.69) is 5.32 Å². The first-order valence-corrected chi connectivity index (χ1v) is 12.6. The van der Waals surface area contributed by atoms with Crippen LogP contribution in [-0.4, -0.2) is 67.3 Å². The van der Waals surface area contributed by atoms with E-state index < -0.39 is 48.0 Å². The lowest BCUT2D eigenvalue weighted by Crippen LogP contribution is -2.50. The molecule has 44 heavy (non-hydrogen) atoms. The molecule has 0 radical (unpaired) electrons. The number of esters is 4. The lowest BCUT2D eigenvalue weighted by Gasteiger charge is -2.23. The number of carboxylic acids is 1. The molecule has 0 bridgehead atoms. The van der Waals surface area contributed by atoms with E-state index in [0.29, 0.717) is 0 Å². The molecule has 0 aliphatic carbocycles. The van der Waals surface area contributed by atoms with Gasteiger partial charge in [-0.15, -0.1) is 0 Å². The number of ether oxygens (including phenoxy) is 6. The highest BCUT2D eigenvalue weighted by Gasteiger charge is 2.41. The molecule has 0 saturated heterocycles. The van der Waals surface area contributed by atoms with Gasteiger partial charge < -0.3 is 43.3 Å². The van der Waals surface area contributed by atoms with Gasteiger partial charge in [0.15, 0.2) is 23.0 Å². The summed E-state index contributed by atoms with van der Waals surface area (Å²) in [4.78, 5) is 74.3. The van der Waals surface area contributed by atoms with Crippen LogP contribution in [0.1, 0.15) is 40.3 Å². The van der Waals surface area contributed by atoms with Gasteiger partial charge in [0.25, 0.3) is 5.91 Å². The summed E-state index contributed by atoms with van der Waals surface area (Å²) in [5.41, 5.74) is -0.460. The molecule has 0 aliphatic rings. The highest BCUT2D eigenvalue weighted by atomic mass is 16.6. The molecule has 232 valence electrons. The van der Waals surface area contributed by atoms with Gasteiger partial charge in [-0.2, -0.15) is 0 Å². The Morgan fingerprint density at radius 2 is 1.25 bits per heavy atom. The Bertz CT molecular complexity index is 1550. The van der Waals surface area contributed by atoms with Crippen molar-refractivity contribution in [1.82, 2.24) is 5.32 Å². The lowest BCUT2D eigenvalue weighted by molar-refractivity contribution is -0.159. The minimum Gasteiger partial charge on any atom is -0.493 e. The van der Waals surface area contributed by atoms with E-state index in [-0.39, 0.29) is 46.4 Å². The van der Waals surface area contributed by atoms with Crippen LogP contribution in [0.4, 0.5) is 0 Å². The maximum atomic E-state index is 13.2. The van der Waals surface area contributed by atoms with Crippen molar-refractivity contribution in [1.29, 1.82) is 0 Å². The van der Waals surface area contributed by atoms with E-state index in [1.54, 1.807) is 6.07 Å². The average Bonchev–Trinajstić information content (AvgIpc) is 3.51. The summed E-state index contributed by atoms with van der Waals surface area (Å²) >= 11 is 0. The first-order chi connectivity index (χ1) is 20.9. The van der Waals surface area contributed by atoms with Gasteiger partial charge in [-0.3, -0.25) is 14.4 Å². The molecular weight excluding hydrogens is 586 g/mol. The second-order valence-electron chi connectivity index (χ2n) is 8.71. The zero-order chi connectivity index (χ0) is 32.4. The van der Waals surface area contributed by atoms with Gasteiger partial charge in [-0.25, -0.2) is 14.4 Å². The average molecular weight is 614 g/mol. The fraction of sp³-hybridized carbons (Fsp3) is 0.241. The summed E-state index contributed by atoms with van der Waals surface area (Å²) in [7, 11) is 2.49. The molecule has 0 aliphatic heterocycles. The zero-order valence-electron chi connectivity index (χ0n) is 23.8. The molecule has 2 atom stereocenters. The summed E-state index contributed by atoms with van der Waals surface area (Å²) in [5.74, 6) is -6.56. The smallest absolute Gasteiger partial charge is 0.349 e. The summed E-state index contributed by atoms with van der Waals surface area (Å²) in [6.07, 6.45) is -3.21. The minimum atomic E-state index is -2.34. The van der Waals surface area contributed by atoms with Crippen LogP contribution in [0.3, 0.4) is 0 Å². The van der Waals surface area contributed by atoms with Crippen molar-refractivity contribution in [3.8, 4) is 23.0 Å². The summed E-state index contributed by atoms with van der Waals surface area (Å²) in [6, 6.07) is 10.1. The zero-order valence-corrected chi connectivity index (χ0v) is 23.8. The topological polar surface area (TPSA) is 203 Å². The number of aliphatic carboxylic acids is 1. The van der Waals surface area contributed by atoms with Crippen molar-refractivity contribution in [3.63, 3.8) is 0 Å². The van der Waals surface area contributed by atoms with E-state index in [1.807, 2.05) is 0 Å². The number of nitrogens with one attached hydrogen (secondary N) is 1. The lowest BCUT2D eigenvalue weighted by atomic mass is 10.1. The van der Waals surface area contributed by atoms with Gasteiger partial charge in [-0.05, 0) is 48.5 Å². The third kappa shape index (κ3) is 8.58. The largest absolute Gasteiger partial charge is 0.493 e. The van der Waals surface area contributed by atoms with E-state index >= 15 is 0 Å². The third-order valence-electron chi connectivity index (χ3n) is 5.57. The molecule has 15 heteroatoms. The van der Waals surface area contributed by atoms with Crippen molar-refractivity contribution < 1.29 is 66.7 Å². The van der Waals surface area contributed by atoms with E-state index in [0.717, 1.165) is 32.0 Å². The minimum absolute atomic E-state index is 0.0169. The fourth-order valence-corrected chi connectivity index (χ4v) is 3.62. The van der Waals surface area contributed by atoms with Gasteiger partial charge in [-0.1, -0.05) is 0 Å². The number of carbonyl (C=O) groups excluding carboxylic acids is 5. The first-order valence-electron chi connectivity index (χ1n) is 12.6. The van der Waals surface area contributed by atoms with Gasteiger partial charge in [0, 0.05) is 13.8 Å². The van der Waals surface area contributed by atoms with Gasteiger partial charge in [0.05, 0.1) is 38.2 Å². The predicted octanol–water partition coefficient (Wildman–Crippen LogP) is 2.30. The van der Waals surface area contributed by atoms with Gasteiger partial charge in [0.2, 0.25) is 12.2 Å². The SMILES string of the molecule is COc1cc(C(=O)O[C@H](C(=O)O)[C@H](OC(=O)c2ccc(OC(C)=O)c(OC)c2)C(=O)NCc2ccco2)ccc1OC(C)=O. The molecule has 2 aromatic carbocycles. The van der Waals surface area contributed by atoms with Crippen molar-refractivity contribution in [2.45, 2.75) is 32.6 Å². The Hall–Kier alpha value is -5.86. The molecule has 0 fully saturated rings. The predicted molar refractivity (Wildman–Crippen MR) is 145 cm³/mol. The van der Waals surface area contributed by atoms with Crippen LogP contribution in [0, 0.1) is 0 Å². The maximum Gasteiger partial charge on any atom is 0.349 e. The molecule has 15 nitrogen and oxygen atoms in total. The van der Waals surface area contributed by atoms with Crippen LogP contribution in [0.15, 0.2) is 59.2 Å². The highest BCUT2D eigenvalue weighted by Crippen LogP contribution is 2.30. The number of furan rings is 1. The highest BCUT2D eigenvalue weighted by molar-refractivity contribution is 5.97. The second-order valence-corrected chi connectivity index (χ2v) is 8.71. The van der Waals surface area contributed by atoms with Crippen LogP contribution in [-0.2, 0) is 35.2 Å². The van der Waals surface area contributed by atoms with Crippen LogP contribution >= 0.6 is 0 Å². The number of carboxylic acid groups (broad SMARTS) is 1. The van der Waals surface area contributed by atoms with E-state index in [4.69, 9.17) is 32.8 Å². The van der Waals surface area contributed by atoms with Crippen LogP contribution < -0.4 is 24.3 Å². The molecular formula is C29H27NO14. The Labute approximate surface area is 249 Å². The first kappa shape index (κ1) is 32.7. The standard InChI is InChI=1S/C29H27NO14/c1-15(31)41-20-9-7-17(12-22(20)38-3)28(36)43-24(26(33)30-14-19-6-5-11-40-19)25(27(34)35)44-29(37)18-8-10-21(42-16(2)32)23(13-18)39-4/h5-13,24-25H,14H2,1-4H3,(H,30,33)(H,34,35)/t24-,25-/m0/s1. The summed E-state index contributed by atoms with van der Waals surface area (Å²) in [5, 5.41) is 12.3. The van der Waals surface area contributed by atoms with E-state index in [1.165, 1.54) is 44.7 Å². The van der Waals surface area contributed by atoms with Crippen molar-refractivity contribution >= 4 is 35.8 Å². The van der Waals surface area contributed by atoms with Gasteiger partial charge in [0.1, 0.15) is 5.76 Å². The molecule has 1 heterocycles. The third-order valence-corrected chi connectivity index (χ3v) is 5.57. The molecule has 1 amide bonds. The summed E-state index contributed by atoms with van der Waals surface area (Å²) < 4.78 is 35.8. The number of hydrogen-bond donors (Lipinski definition) is 2. The quantitative estimate of drug-likeness (QED) is 0.210. The van der Waals surface area contributed by atoms with Crippen LogP contribution in [0.25, 0.3) is 0 Å². The van der Waals surface area contributed by atoms with Crippen molar-refractivity contribution in [2.75, 3.05) is 14.2 Å². The Balaban J connectivity index is 1.92. The molecule has 0 saturated carbocycles. The molecule has 2 N–H and O–H groups in total. The second kappa shape index (κ2) is 14.9. The number of benzene rings is 2. The maximum absolute atomic E-state index is 13.2. The Morgan fingerprint density at radius 3 is 1.66 bits per heavy atom. The van der Waals surface area contributed by atoms with Gasteiger partial charge >= 0.3 is 29.8 Å². The molecule has 0 spiro atoms. The monoisotopic (exact) mass is 613 g/mol. The van der Waals surface area contributed by atoms with E-state index in [9.17, 15) is 33.9 Å². The van der Waals surface area contributed by atoms with Crippen molar-refractivity contribution in [2.24, 2.45) is 0 Å². The number of rotatable bonds is 13. The fourth-order valence-electron chi connectivity index (χ4n) is 3.62. The number of carbonyl (C=O) groups is 6. The number of hydrogen-bond acceptors (Lipinski definition) is 13. The Kier molecular flexibility index (Phi) is 11.0. The molecule has 3 rings (SSSR count). The molecule has 1 aromatic heterocycles. The van der Waals surface area contributed by atoms with Crippen LogP contribution in [0.2, 0.25) is 0 Å². The normalized spacial score (nSPS) is 11.7.